The Morgan fingerprint density at radius 1 is 1.28 bits per heavy atom. The van der Waals surface area contributed by atoms with E-state index in [0.29, 0.717) is 6.54 Å². The van der Waals surface area contributed by atoms with Crippen LogP contribution >= 0.6 is 0 Å². The number of benzene rings is 1. The van der Waals surface area contributed by atoms with Crippen LogP contribution in [-0.4, -0.2) is 37.2 Å². The SMILES string of the molecule is Cc1cccc(/C=C\C(=O)NCc2ccnc(N3CCOCC3)c2)c1. The standard InChI is InChI=1S/C20H23N3O2/c1-16-3-2-4-17(13-16)5-6-20(24)22-15-18-7-8-21-19(14-18)23-9-11-25-12-10-23/h2-8,13-14H,9-12,15H2,1H3,(H,22,24)/b6-5-. The summed E-state index contributed by atoms with van der Waals surface area (Å²) in [7, 11) is 0. The molecule has 1 N–H and O–H groups in total. The third-order valence-electron chi connectivity index (χ3n) is 4.08. The summed E-state index contributed by atoms with van der Waals surface area (Å²) in [6, 6.07) is 12.0. The van der Waals surface area contributed by atoms with Gasteiger partial charge in [-0.2, -0.15) is 0 Å². The van der Waals surface area contributed by atoms with Crippen LogP contribution < -0.4 is 10.2 Å². The Morgan fingerprint density at radius 2 is 2.12 bits per heavy atom. The van der Waals surface area contributed by atoms with Gasteiger partial charge in [-0.25, -0.2) is 4.98 Å². The zero-order chi connectivity index (χ0) is 17.5. The van der Waals surface area contributed by atoms with Crippen molar-refractivity contribution in [2.75, 3.05) is 31.2 Å². The smallest absolute Gasteiger partial charge is 0.244 e. The van der Waals surface area contributed by atoms with Crippen LogP contribution in [0.1, 0.15) is 16.7 Å². The molecule has 5 nitrogen and oxygen atoms in total. The second kappa shape index (κ2) is 8.44. The highest BCUT2D eigenvalue weighted by Crippen LogP contribution is 2.14. The summed E-state index contributed by atoms with van der Waals surface area (Å²) in [6.07, 6.45) is 5.18. The first-order chi connectivity index (χ1) is 12.2. The van der Waals surface area contributed by atoms with Gasteiger partial charge in [-0.3, -0.25) is 4.79 Å². The van der Waals surface area contributed by atoms with E-state index in [9.17, 15) is 4.79 Å². The highest BCUT2D eigenvalue weighted by Gasteiger charge is 2.12. The predicted molar refractivity (Wildman–Crippen MR) is 99.3 cm³/mol. The molecule has 0 unspecified atom stereocenters. The second-order valence-corrected chi connectivity index (χ2v) is 6.09. The molecular formula is C20H23N3O2. The van der Waals surface area contributed by atoms with Crippen LogP contribution in [0.3, 0.4) is 0 Å². The molecular weight excluding hydrogens is 314 g/mol. The van der Waals surface area contributed by atoms with Gasteiger partial charge in [-0.05, 0) is 36.3 Å². The Kier molecular flexibility index (Phi) is 5.80. The van der Waals surface area contributed by atoms with Crippen molar-refractivity contribution in [2.24, 2.45) is 0 Å². The molecule has 0 saturated carbocycles. The summed E-state index contributed by atoms with van der Waals surface area (Å²) in [5, 5.41) is 2.92. The lowest BCUT2D eigenvalue weighted by molar-refractivity contribution is -0.116. The Hall–Kier alpha value is -2.66. The normalized spacial score (nSPS) is 14.7. The Morgan fingerprint density at radius 3 is 2.92 bits per heavy atom. The van der Waals surface area contributed by atoms with Gasteiger partial charge in [0.1, 0.15) is 5.82 Å². The monoisotopic (exact) mass is 337 g/mol. The molecule has 1 amide bonds. The van der Waals surface area contributed by atoms with Crippen LogP contribution in [-0.2, 0) is 16.1 Å². The van der Waals surface area contributed by atoms with Crippen LogP contribution in [0.15, 0.2) is 48.7 Å². The maximum absolute atomic E-state index is 12.0. The zero-order valence-electron chi connectivity index (χ0n) is 14.4. The van der Waals surface area contributed by atoms with E-state index in [2.05, 4.69) is 15.2 Å². The topological polar surface area (TPSA) is 54.5 Å². The zero-order valence-corrected chi connectivity index (χ0v) is 14.4. The molecule has 0 bridgehead atoms. The average molecular weight is 337 g/mol. The molecule has 0 radical (unpaired) electrons. The highest BCUT2D eigenvalue weighted by atomic mass is 16.5. The second-order valence-electron chi connectivity index (χ2n) is 6.09. The number of carbonyl (C=O) groups excluding carboxylic acids is 1. The lowest BCUT2D eigenvalue weighted by Crippen LogP contribution is -2.36. The summed E-state index contributed by atoms with van der Waals surface area (Å²) in [5.41, 5.74) is 3.23. The molecule has 3 rings (SSSR count). The number of ether oxygens (including phenoxy) is 1. The molecule has 0 atom stereocenters. The molecule has 2 heterocycles. The summed E-state index contributed by atoms with van der Waals surface area (Å²) in [5.74, 6) is 0.830. The van der Waals surface area contributed by atoms with Gasteiger partial charge in [-0.1, -0.05) is 29.8 Å². The van der Waals surface area contributed by atoms with E-state index in [0.717, 1.165) is 43.2 Å². The first-order valence-electron chi connectivity index (χ1n) is 8.51. The number of rotatable bonds is 5. The minimum absolute atomic E-state index is 0.105. The van der Waals surface area contributed by atoms with Crippen molar-refractivity contribution in [3.05, 3.63) is 65.4 Å². The number of aryl methyl sites for hydroxylation is 1. The number of hydrogen-bond donors (Lipinski definition) is 1. The third-order valence-corrected chi connectivity index (χ3v) is 4.08. The van der Waals surface area contributed by atoms with Crippen molar-refractivity contribution in [3.8, 4) is 0 Å². The summed E-state index contributed by atoms with van der Waals surface area (Å²) in [4.78, 5) is 18.6. The molecule has 1 fully saturated rings. The minimum atomic E-state index is -0.105. The van der Waals surface area contributed by atoms with Gasteiger partial charge in [0, 0.05) is 31.9 Å². The van der Waals surface area contributed by atoms with E-state index in [1.54, 1.807) is 12.3 Å². The van der Waals surface area contributed by atoms with Crippen molar-refractivity contribution in [2.45, 2.75) is 13.5 Å². The van der Waals surface area contributed by atoms with Gasteiger partial charge in [0.25, 0.3) is 0 Å². The first-order valence-corrected chi connectivity index (χ1v) is 8.51. The molecule has 0 spiro atoms. The minimum Gasteiger partial charge on any atom is -0.378 e. The van der Waals surface area contributed by atoms with Crippen LogP contribution in [0.2, 0.25) is 0 Å². The average Bonchev–Trinajstić information content (AvgIpc) is 2.66. The largest absolute Gasteiger partial charge is 0.378 e. The van der Waals surface area contributed by atoms with Crippen molar-refractivity contribution >= 4 is 17.8 Å². The number of morpholine rings is 1. The van der Waals surface area contributed by atoms with Crippen LogP contribution in [0, 0.1) is 6.92 Å². The molecule has 0 aliphatic carbocycles. The molecule has 130 valence electrons. The van der Waals surface area contributed by atoms with Gasteiger partial charge < -0.3 is 15.0 Å². The van der Waals surface area contributed by atoms with E-state index < -0.39 is 0 Å². The number of amides is 1. The van der Waals surface area contributed by atoms with Crippen LogP contribution in [0.25, 0.3) is 6.08 Å². The van der Waals surface area contributed by atoms with Gasteiger partial charge in [0.05, 0.1) is 13.2 Å². The molecule has 1 aliphatic rings. The summed E-state index contributed by atoms with van der Waals surface area (Å²) in [6.45, 7) is 5.67. The van der Waals surface area contributed by atoms with Crippen LogP contribution in [0.4, 0.5) is 5.82 Å². The van der Waals surface area contributed by atoms with Crippen molar-refractivity contribution in [3.63, 3.8) is 0 Å². The first kappa shape index (κ1) is 17.2. The molecule has 2 aromatic rings. The van der Waals surface area contributed by atoms with Crippen molar-refractivity contribution in [1.82, 2.24) is 10.3 Å². The van der Waals surface area contributed by atoms with E-state index in [1.165, 1.54) is 5.56 Å². The van der Waals surface area contributed by atoms with E-state index in [4.69, 9.17) is 4.74 Å². The fraction of sp³-hybridized carbons (Fsp3) is 0.300. The quantitative estimate of drug-likeness (QED) is 0.852. The number of carbonyl (C=O) groups is 1. The van der Waals surface area contributed by atoms with Gasteiger partial charge in [-0.15, -0.1) is 0 Å². The molecule has 1 aliphatic heterocycles. The molecule has 1 saturated heterocycles. The maximum atomic E-state index is 12.0. The third kappa shape index (κ3) is 5.16. The van der Waals surface area contributed by atoms with Gasteiger partial charge >= 0.3 is 0 Å². The Labute approximate surface area is 148 Å². The number of nitrogens with zero attached hydrogens (tertiary/aromatic N) is 2. The lowest BCUT2D eigenvalue weighted by Gasteiger charge is -2.28. The van der Waals surface area contributed by atoms with Crippen molar-refractivity contribution < 1.29 is 9.53 Å². The molecule has 5 heteroatoms. The highest BCUT2D eigenvalue weighted by molar-refractivity contribution is 5.91. The summed E-state index contributed by atoms with van der Waals surface area (Å²) < 4.78 is 5.37. The van der Waals surface area contributed by atoms with E-state index >= 15 is 0 Å². The van der Waals surface area contributed by atoms with Gasteiger partial charge in [0.2, 0.25) is 5.91 Å². The van der Waals surface area contributed by atoms with Crippen molar-refractivity contribution in [1.29, 1.82) is 0 Å². The predicted octanol–water partition coefficient (Wildman–Crippen LogP) is 2.56. The Balaban J connectivity index is 1.55. The molecule has 1 aromatic heterocycles. The summed E-state index contributed by atoms with van der Waals surface area (Å²) >= 11 is 0. The van der Waals surface area contributed by atoms with E-state index in [1.807, 2.05) is 49.4 Å². The molecule has 25 heavy (non-hydrogen) atoms. The number of nitrogens with one attached hydrogen (secondary N) is 1. The number of hydrogen-bond acceptors (Lipinski definition) is 4. The van der Waals surface area contributed by atoms with Gasteiger partial charge in [0.15, 0.2) is 0 Å². The Bertz CT molecular complexity index is 752. The van der Waals surface area contributed by atoms with Crippen LogP contribution in [0.5, 0.6) is 0 Å². The fourth-order valence-electron chi connectivity index (χ4n) is 2.73. The number of pyridine rings is 1. The maximum Gasteiger partial charge on any atom is 0.244 e. The van der Waals surface area contributed by atoms with E-state index in [-0.39, 0.29) is 5.91 Å². The lowest BCUT2D eigenvalue weighted by atomic mass is 10.1. The molecule has 1 aromatic carbocycles. The fourth-order valence-corrected chi connectivity index (χ4v) is 2.73. The number of aromatic nitrogens is 1. The number of anilines is 1.